The monoisotopic (exact) mass is 653 g/mol. The van der Waals surface area contributed by atoms with Crippen molar-refractivity contribution < 1.29 is 27.8 Å². The molecule has 12 nitrogen and oxygen atoms in total. The Morgan fingerprint density at radius 2 is 1.74 bits per heavy atom. The average Bonchev–Trinajstić information content (AvgIpc) is 3.69. The van der Waals surface area contributed by atoms with Gasteiger partial charge in [0.1, 0.15) is 23.2 Å². The SMILES string of the molecule is CN1CCN(C2(C(=O)Nc3cc(-n4cnc5cc(N6CC[C@@H](NC(=O)OC(C)(C)C)C6)ccc5c4=O)ccc3OC(F)F)CC2)CC1. The zero-order chi connectivity index (χ0) is 33.5. The molecular weight excluding hydrogens is 612 g/mol. The molecule has 1 atom stereocenters. The van der Waals surface area contributed by atoms with Crippen LogP contribution in [0.4, 0.5) is 25.0 Å². The van der Waals surface area contributed by atoms with Crippen molar-refractivity contribution >= 4 is 34.3 Å². The summed E-state index contributed by atoms with van der Waals surface area (Å²) in [6, 6.07) is 9.55. The zero-order valence-electron chi connectivity index (χ0n) is 27.1. The number of fused-ring (bicyclic) bond motifs is 1. The van der Waals surface area contributed by atoms with Crippen LogP contribution in [-0.4, -0.2) is 101 Å². The number of nitrogens with one attached hydrogen (secondary N) is 2. The lowest BCUT2D eigenvalue weighted by atomic mass is 10.1. The number of aromatic nitrogens is 2. The number of alkyl carbamates (subject to hydrolysis) is 1. The maximum Gasteiger partial charge on any atom is 0.407 e. The van der Waals surface area contributed by atoms with E-state index in [2.05, 4.69) is 30.3 Å². The molecule has 6 rings (SSSR count). The predicted molar refractivity (Wildman–Crippen MR) is 174 cm³/mol. The largest absolute Gasteiger partial charge is 0.444 e. The maximum atomic E-state index is 13.6. The summed E-state index contributed by atoms with van der Waals surface area (Å²) in [5.74, 6) is -0.469. The molecule has 14 heteroatoms. The van der Waals surface area contributed by atoms with Gasteiger partial charge in [-0.1, -0.05) is 0 Å². The van der Waals surface area contributed by atoms with Gasteiger partial charge in [0, 0.05) is 45.0 Å². The lowest BCUT2D eigenvalue weighted by molar-refractivity contribution is -0.123. The number of hydrogen-bond acceptors (Lipinski definition) is 9. The lowest BCUT2D eigenvalue weighted by Crippen LogP contribution is -2.54. The summed E-state index contributed by atoms with van der Waals surface area (Å²) in [5, 5.41) is 6.11. The van der Waals surface area contributed by atoms with Crippen LogP contribution in [0.25, 0.3) is 16.6 Å². The predicted octanol–water partition coefficient (Wildman–Crippen LogP) is 3.81. The highest BCUT2D eigenvalue weighted by molar-refractivity contribution is 6.01. The Morgan fingerprint density at radius 1 is 1.02 bits per heavy atom. The van der Waals surface area contributed by atoms with E-state index < -0.39 is 23.8 Å². The number of anilines is 2. The van der Waals surface area contributed by atoms with Gasteiger partial charge in [-0.25, -0.2) is 9.78 Å². The highest BCUT2D eigenvalue weighted by Gasteiger charge is 2.54. The van der Waals surface area contributed by atoms with Gasteiger partial charge in [0.05, 0.1) is 28.3 Å². The second-order valence-corrected chi connectivity index (χ2v) is 13.5. The third-order valence-electron chi connectivity index (χ3n) is 8.98. The number of nitrogens with zero attached hydrogens (tertiary/aromatic N) is 5. The Bertz CT molecular complexity index is 1710. The molecule has 1 aromatic heterocycles. The van der Waals surface area contributed by atoms with E-state index in [-0.39, 0.29) is 28.9 Å². The molecule has 1 aliphatic carbocycles. The molecule has 3 fully saturated rings. The number of benzene rings is 2. The standard InChI is InChI=1S/C33H41F2N7O5/c1-32(2,3)47-31(45)37-21-9-12-40(19-21)22-5-7-24-25(17-22)36-20-42(28(24)43)23-6-8-27(46-30(34)35)26(18-23)38-29(44)33(10-11-33)41-15-13-39(4)14-16-41/h5-8,17-18,20-21,30H,9-16,19H2,1-4H3,(H,37,45)(H,38,44)/t21-/m1/s1. The van der Waals surface area contributed by atoms with E-state index in [1.807, 2.05) is 40.0 Å². The van der Waals surface area contributed by atoms with Crippen LogP contribution in [-0.2, 0) is 9.53 Å². The molecule has 0 spiro atoms. The van der Waals surface area contributed by atoms with Gasteiger partial charge in [0.25, 0.3) is 5.56 Å². The number of piperazine rings is 1. The van der Waals surface area contributed by atoms with Gasteiger partial charge in [0.2, 0.25) is 5.91 Å². The summed E-state index contributed by atoms with van der Waals surface area (Å²) >= 11 is 0. The minimum absolute atomic E-state index is 0.0547. The molecular formula is C33H41F2N7O5. The van der Waals surface area contributed by atoms with Crippen LogP contribution in [0, 0.1) is 0 Å². The number of amides is 2. The van der Waals surface area contributed by atoms with E-state index >= 15 is 0 Å². The van der Waals surface area contributed by atoms with E-state index in [0.29, 0.717) is 42.5 Å². The fourth-order valence-electron chi connectivity index (χ4n) is 6.32. The molecule has 0 bridgehead atoms. The van der Waals surface area contributed by atoms with Crippen molar-refractivity contribution in [1.82, 2.24) is 24.7 Å². The molecule has 2 amide bonds. The Morgan fingerprint density at radius 3 is 2.43 bits per heavy atom. The van der Waals surface area contributed by atoms with Gasteiger partial charge in [-0.05, 0) is 83.5 Å². The van der Waals surface area contributed by atoms with Crippen LogP contribution in [0.1, 0.15) is 40.0 Å². The second kappa shape index (κ2) is 12.7. The number of likely N-dealkylation sites (N-methyl/N-ethyl adjacent to an activating group) is 1. The van der Waals surface area contributed by atoms with Crippen LogP contribution in [0.15, 0.2) is 47.5 Å². The normalized spacial score (nSPS) is 20.0. The first-order valence-electron chi connectivity index (χ1n) is 15.9. The van der Waals surface area contributed by atoms with Crippen molar-refractivity contribution in [2.75, 3.05) is 56.5 Å². The summed E-state index contributed by atoms with van der Waals surface area (Å²) in [6.45, 7) is 6.81. The highest BCUT2D eigenvalue weighted by Crippen LogP contribution is 2.44. The number of halogens is 2. The van der Waals surface area contributed by atoms with E-state index in [9.17, 15) is 23.2 Å². The molecule has 252 valence electrons. The number of ether oxygens (including phenoxy) is 2. The van der Waals surface area contributed by atoms with Crippen LogP contribution < -0.4 is 25.8 Å². The number of carbonyl (C=O) groups excluding carboxylic acids is 2. The molecule has 0 radical (unpaired) electrons. The van der Waals surface area contributed by atoms with Gasteiger partial charge in [-0.3, -0.25) is 19.1 Å². The number of hydrogen-bond donors (Lipinski definition) is 2. The minimum Gasteiger partial charge on any atom is -0.444 e. The second-order valence-electron chi connectivity index (χ2n) is 13.5. The fraction of sp³-hybridized carbons (Fsp3) is 0.515. The van der Waals surface area contributed by atoms with Crippen molar-refractivity contribution in [3.63, 3.8) is 0 Å². The van der Waals surface area contributed by atoms with Crippen molar-refractivity contribution in [1.29, 1.82) is 0 Å². The molecule has 3 aromatic rings. The highest BCUT2D eigenvalue weighted by atomic mass is 19.3. The van der Waals surface area contributed by atoms with E-state index in [4.69, 9.17) is 9.47 Å². The molecule has 3 heterocycles. The molecule has 2 saturated heterocycles. The summed E-state index contributed by atoms with van der Waals surface area (Å²) in [6.07, 6.45) is 3.03. The van der Waals surface area contributed by atoms with E-state index in [1.54, 1.807) is 6.07 Å². The Labute approximate surface area is 271 Å². The summed E-state index contributed by atoms with van der Waals surface area (Å²) < 4.78 is 38.1. The molecule has 1 saturated carbocycles. The lowest BCUT2D eigenvalue weighted by Gasteiger charge is -2.37. The van der Waals surface area contributed by atoms with Crippen molar-refractivity contribution in [2.45, 2.75) is 63.8 Å². The first-order chi connectivity index (χ1) is 22.3. The van der Waals surface area contributed by atoms with Gasteiger partial charge in [-0.2, -0.15) is 8.78 Å². The molecule has 3 aliphatic rings. The summed E-state index contributed by atoms with van der Waals surface area (Å²) in [5.41, 5.74) is 0.123. The fourth-order valence-corrected chi connectivity index (χ4v) is 6.32. The third-order valence-corrected chi connectivity index (χ3v) is 8.98. The average molecular weight is 654 g/mol. The first kappa shape index (κ1) is 32.6. The Kier molecular flexibility index (Phi) is 8.83. The minimum atomic E-state index is -3.10. The van der Waals surface area contributed by atoms with Crippen molar-refractivity contribution in [3.05, 3.63) is 53.1 Å². The van der Waals surface area contributed by atoms with Gasteiger partial charge >= 0.3 is 12.7 Å². The van der Waals surface area contributed by atoms with Crippen LogP contribution in [0.5, 0.6) is 5.75 Å². The van der Waals surface area contributed by atoms with E-state index in [1.165, 1.54) is 29.1 Å². The number of rotatable bonds is 8. The van der Waals surface area contributed by atoms with Gasteiger partial charge in [0.15, 0.2) is 0 Å². The smallest absolute Gasteiger partial charge is 0.407 e. The molecule has 2 aromatic carbocycles. The topological polar surface area (TPSA) is 121 Å². The first-order valence-corrected chi connectivity index (χ1v) is 15.9. The Balaban J connectivity index is 1.21. The van der Waals surface area contributed by atoms with E-state index in [0.717, 1.165) is 38.3 Å². The van der Waals surface area contributed by atoms with Crippen molar-refractivity contribution in [3.8, 4) is 11.4 Å². The van der Waals surface area contributed by atoms with Crippen molar-refractivity contribution in [2.24, 2.45) is 0 Å². The molecule has 0 unspecified atom stereocenters. The third kappa shape index (κ3) is 7.18. The van der Waals surface area contributed by atoms with Crippen LogP contribution >= 0.6 is 0 Å². The molecule has 47 heavy (non-hydrogen) atoms. The zero-order valence-corrected chi connectivity index (χ0v) is 27.1. The van der Waals surface area contributed by atoms with Crippen LogP contribution in [0.3, 0.4) is 0 Å². The maximum absolute atomic E-state index is 13.6. The summed E-state index contributed by atoms with van der Waals surface area (Å²) in [4.78, 5) is 50.4. The molecule has 2 aliphatic heterocycles. The Hall–Kier alpha value is -4.30. The van der Waals surface area contributed by atoms with Crippen LogP contribution in [0.2, 0.25) is 0 Å². The van der Waals surface area contributed by atoms with Gasteiger partial charge in [-0.15, -0.1) is 0 Å². The number of carbonyl (C=O) groups is 2. The van der Waals surface area contributed by atoms with Gasteiger partial charge < -0.3 is 29.9 Å². The quantitative estimate of drug-likeness (QED) is 0.374. The molecule has 2 N–H and O–H groups in total. The number of alkyl halides is 2. The summed E-state index contributed by atoms with van der Waals surface area (Å²) in [7, 11) is 2.04.